The quantitative estimate of drug-likeness (QED) is 0.760. The standard InChI is InChI=1S/C22H29N3O3/c1-3-24-12-14-25(15-13-24)16-18-4-6-19(7-5-18)23-22(26)17-28-21-10-8-20(27-2)9-11-21/h4-11H,3,12-17H2,1-2H3,(H,23,26). The van der Waals surface area contributed by atoms with Crippen molar-refractivity contribution >= 4 is 11.6 Å². The minimum absolute atomic E-state index is 0.0320. The number of hydrogen-bond acceptors (Lipinski definition) is 5. The number of nitrogens with one attached hydrogen (secondary N) is 1. The average molecular weight is 383 g/mol. The molecule has 1 aliphatic rings. The van der Waals surface area contributed by atoms with Crippen molar-refractivity contribution in [2.45, 2.75) is 13.5 Å². The summed E-state index contributed by atoms with van der Waals surface area (Å²) in [5.41, 5.74) is 2.04. The zero-order valence-corrected chi connectivity index (χ0v) is 16.7. The highest BCUT2D eigenvalue weighted by molar-refractivity contribution is 5.91. The van der Waals surface area contributed by atoms with Gasteiger partial charge in [0.25, 0.3) is 5.91 Å². The Morgan fingerprint density at radius 1 is 0.929 bits per heavy atom. The van der Waals surface area contributed by atoms with E-state index in [0.29, 0.717) is 5.75 Å². The van der Waals surface area contributed by atoms with Crippen LogP contribution >= 0.6 is 0 Å². The molecule has 1 amide bonds. The number of amides is 1. The first-order valence-corrected chi connectivity index (χ1v) is 9.76. The molecule has 1 aliphatic heterocycles. The molecule has 0 radical (unpaired) electrons. The summed E-state index contributed by atoms with van der Waals surface area (Å²) in [6.07, 6.45) is 0. The van der Waals surface area contributed by atoms with Crippen LogP contribution in [0.5, 0.6) is 11.5 Å². The zero-order chi connectivity index (χ0) is 19.8. The lowest BCUT2D eigenvalue weighted by Crippen LogP contribution is -2.45. The van der Waals surface area contributed by atoms with Crippen LogP contribution in [0.2, 0.25) is 0 Å². The third kappa shape index (κ3) is 5.97. The molecule has 2 aromatic rings. The van der Waals surface area contributed by atoms with Crippen molar-refractivity contribution in [3.05, 3.63) is 54.1 Å². The van der Waals surface area contributed by atoms with Gasteiger partial charge in [0.1, 0.15) is 11.5 Å². The Kier molecular flexibility index (Phi) is 7.28. The molecule has 0 bridgehead atoms. The lowest BCUT2D eigenvalue weighted by atomic mass is 10.1. The van der Waals surface area contributed by atoms with Crippen LogP contribution in [0.25, 0.3) is 0 Å². The molecule has 0 unspecified atom stereocenters. The topological polar surface area (TPSA) is 54.0 Å². The van der Waals surface area contributed by atoms with Gasteiger partial charge in [-0.25, -0.2) is 0 Å². The van der Waals surface area contributed by atoms with Crippen LogP contribution in [0.3, 0.4) is 0 Å². The fourth-order valence-electron chi connectivity index (χ4n) is 3.23. The number of ether oxygens (including phenoxy) is 2. The number of methoxy groups -OCH3 is 1. The van der Waals surface area contributed by atoms with Gasteiger partial charge >= 0.3 is 0 Å². The summed E-state index contributed by atoms with van der Waals surface area (Å²) in [6, 6.07) is 15.2. The van der Waals surface area contributed by atoms with E-state index in [1.807, 2.05) is 12.1 Å². The molecule has 1 fully saturated rings. The number of anilines is 1. The monoisotopic (exact) mass is 383 g/mol. The van der Waals surface area contributed by atoms with Gasteiger partial charge in [-0.05, 0) is 48.5 Å². The molecule has 3 rings (SSSR count). The van der Waals surface area contributed by atoms with E-state index in [9.17, 15) is 4.79 Å². The van der Waals surface area contributed by atoms with Gasteiger partial charge in [0.05, 0.1) is 7.11 Å². The van der Waals surface area contributed by atoms with Crippen molar-refractivity contribution in [1.29, 1.82) is 0 Å². The Morgan fingerprint density at radius 3 is 2.14 bits per heavy atom. The second kappa shape index (κ2) is 10.1. The largest absolute Gasteiger partial charge is 0.497 e. The van der Waals surface area contributed by atoms with Crippen molar-refractivity contribution in [3.63, 3.8) is 0 Å². The minimum Gasteiger partial charge on any atom is -0.497 e. The van der Waals surface area contributed by atoms with Crippen LogP contribution in [-0.2, 0) is 11.3 Å². The molecule has 150 valence electrons. The first-order chi connectivity index (χ1) is 13.7. The van der Waals surface area contributed by atoms with Gasteiger partial charge < -0.3 is 19.7 Å². The Bertz CT molecular complexity index is 739. The predicted octanol–water partition coefficient (Wildman–Crippen LogP) is 2.85. The summed E-state index contributed by atoms with van der Waals surface area (Å²) in [5.74, 6) is 1.21. The fraction of sp³-hybridized carbons (Fsp3) is 0.409. The molecule has 6 nitrogen and oxygen atoms in total. The number of carbonyl (C=O) groups is 1. The molecule has 0 spiro atoms. The van der Waals surface area contributed by atoms with E-state index in [0.717, 1.165) is 50.7 Å². The molecule has 6 heteroatoms. The molecule has 2 aromatic carbocycles. The first kappa shape index (κ1) is 20.2. The zero-order valence-electron chi connectivity index (χ0n) is 16.7. The lowest BCUT2D eigenvalue weighted by Gasteiger charge is -2.34. The van der Waals surface area contributed by atoms with E-state index in [-0.39, 0.29) is 12.5 Å². The summed E-state index contributed by atoms with van der Waals surface area (Å²) < 4.78 is 10.6. The molecule has 1 saturated heterocycles. The number of likely N-dealkylation sites (N-methyl/N-ethyl adjacent to an activating group) is 1. The number of hydrogen-bond donors (Lipinski definition) is 1. The molecular weight excluding hydrogens is 354 g/mol. The molecule has 0 aromatic heterocycles. The highest BCUT2D eigenvalue weighted by atomic mass is 16.5. The van der Waals surface area contributed by atoms with Gasteiger partial charge in [-0.3, -0.25) is 9.69 Å². The number of benzene rings is 2. The van der Waals surface area contributed by atoms with Gasteiger partial charge in [0.2, 0.25) is 0 Å². The third-order valence-corrected chi connectivity index (χ3v) is 4.99. The Balaban J connectivity index is 1.42. The van der Waals surface area contributed by atoms with Crippen molar-refractivity contribution in [1.82, 2.24) is 9.80 Å². The molecule has 0 aliphatic carbocycles. The molecule has 1 heterocycles. The van der Waals surface area contributed by atoms with Gasteiger partial charge in [-0.15, -0.1) is 0 Å². The van der Waals surface area contributed by atoms with E-state index in [2.05, 4.69) is 34.2 Å². The van der Waals surface area contributed by atoms with Crippen LogP contribution in [0.1, 0.15) is 12.5 Å². The van der Waals surface area contributed by atoms with Crippen LogP contribution < -0.4 is 14.8 Å². The number of rotatable bonds is 8. The Morgan fingerprint density at radius 2 is 1.54 bits per heavy atom. The van der Waals surface area contributed by atoms with Crippen LogP contribution in [0, 0.1) is 0 Å². The van der Waals surface area contributed by atoms with E-state index >= 15 is 0 Å². The maximum atomic E-state index is 12.1. The average Bonchev–Trinajstić information content (AvgIpc) is 2.74. The molecule has 28 heavy (non-hydrogen) atoms. The second-order valence-electron chi connectivity index (χ2n) is 6.92. The predicted molar refractivity (Wildman–Crippen MR) is 111 cm³/mol. The van der Waals surface area contributed by atoms with E-state index < -0.39 is 0 Å². The molecule has 0 atom stereocenters. The van der Waals surface area contributed by atoms with Gasteiger partial charge in [-0.2, -0.15) is 0 Å². The maximum absolute atomic E-state index is 12.1. The minimum atomic E-state index is -0.181. The number of nitrogens with zero attached hydrogens (tertiary/aromatic N) is 2. The highest BCUT2D eigenvalue weighted by Gasteiger charge is 2.15. The fourth-order valence-corrected chi connectivity index (χ4v) is 3.23. The Hall–Kier alpha value is -2.57. The second-order valence-corrected chi connectivity index (χ2v) is 6.92. The van der Waals surface area contributed by atoms with Crippen LogP contribution in [0.15, 0.2) is 48.5 Å². The third-order valence-electron chi connectivity index (χ3n) is 4.99. The van der Waals surface area contributed by atoms with Crippen LogP contribution in [-0.4, -0.2) is 62.1 Å². The van der Waals surface area contributed by atoms with Crippen LogP contribution in [0.4, 0.5) is 5.69 Å². The summed E-state index contributed by atoms with van der Waals surface area (Å²) in [7, 11) is 1.61. The molecule has 0 saturated carbocycles. The van der Waals surface area contributed by atoms with E-state index in [1.54, 1.807) is 31.4 Å². The van der Waals surface area contributed by atoms with Crippen molar-refractivity contribution in [2.75, 3.05) is 51.8 Å². The van der Waals surface area contributed by atoms with Gasteiger partial charge in [0.15, 0.2) is 6.61 Å². The smallest absolute Gasteiger partial charge is 0.262 e. The maximum Gasteiger partial charge on any atom is 0.262 e. The Labute approximate surface area is 167 Å². The van der Waals surface area contributed by atoms with Gasteiger partial charge in [-0.1, -0.05) is 19.1 Å². The highest BCUT2D eigenvalue weighted by Crippen LogP contribution is 2.17. The first-order valence-electron chi connectivity index (χ1n) is 9.76. The van der Waals surface area contributed by atoms with E-state index in [1.165, 1.54) is 5.56 Å². The van der Waals surface area contributed by atoms with Crippen molar-refractivity contribution in [2.24, 2.45) is 0 Å². The van der Waals surface area contributed by atoms with Gasteiger partial charge in [0, 0.05) is 38.4 Å². The molecule has 1 N–H and O–H groups in total. The molecular formula is C22H29N3O3. The lowest BCUT2D eigenvalue weighted by molar-refractivity contribution is -0.118. The summed E-state index contributed by atoms with van der Waals surface area (Å²) in [4.78, 5) is 17.0. The van der Waals surface area contributed by atoms with E-state index in [4.69, 9.17) is 9.47 Å². The number of carbonyl (C=O) groups excluding carboxylic acids is 1. The SMILES string of the molecule is CCN1CCN(Cc2ccc(NC(=O)COc3ccc(OC)cc3)cc2)CC1. The summed E-state index contributed by atoms with van der Waals surface area (Å²) >= 11 is 0. The summed E-state index contributed by atoms with van der Waals surface area (Å²) in [6.45, 7) is 8.75. The number of piperazine rings is 1. The normalized spacial score (nSPS) is 15.2. The van der Waals surface area contributed by atoms with Crippen molar-refractivity contribution in [3.8, 4) is 11.5 Å². The summed E-state index contributed by atoms with van der Waals surface area (Å²) in [5, 5.41) is 2.87. The van der Waals surface area contributed by atoms with Crippen molar-refractivity contribution < 1.29 is 14.3 Å².